The lowest BCUT2D eigenvalue weighted by Gasteiger charge is -2.21. The Morgan fingerprint density at radius 1 is 1.36 bits per heavy atom. The number of rotatable bonds is 5. The van der Waals surface area contributed by atoms with Gasteiger partial charge in [-0.3, -0.25) is 4.79 Å². The van der Waals surface area contributed by atoms with Crippen molar-refractivity contribution in [2.24, 2.45) is 11.3 Å². The molecule has 0 aromatic rings. The van der Waals surface area contributed by atoms with E-state index in [1.807, 2.05) is 6.92 Å². The Kier molecular flexibility index (Phi) is 3.53. The van der Waals surface area contributed by atoms with Crippen molar-refractivity contribution in [2.75, 3.05) is 13.6 Å². The molecule has 1 unspecified atom stereocenters. The van der Waals surface area contributed by atoms with Crippen LogP contribution in [0.2, 0.25) is 0 Å². The number of likely N-dealkylation sites (N-methyl/N-ethyl adjacent to an activating group) is 1. The second-order valence-corrected chi connectivity index (χ2v) is 4.75. The highest BCUT2D eigenvalue weighted by molar-refractivity contribution is 5.81. The van der Waals surface area contributed by atoms with E-state index in [0.717, 1.165) is 6.54 Å². The first kappa shape index (κ1) is 11.5. The van der Waals surface area contributed by atoms with Crippen LogP contribution in [-0.4, -0.2) is 25.5 Å². The van der Waals surface area contributed by atoms with Crippen molar-refractivity contribution < 1.29 is 4.79 Å². The van der Waals surface area contributed by atoms with Gasteiger partial charge in [0.15, 0.2) is 0 Å². The molecule has 1 fully saturated rings. The fourth-order valence-corrected chi connectivity index (χ4v) is 1.67. The number of hydrogen-bond donors (Lipinski definition) is 2. The van der Waals surface area contributed by atoms with Crippen LogP contribution in [0.4, 0.5) is 0 Å². The van der Waals surface area contributed by atoms with Gasteiger partial charge in [-0.15, -0.1) is 0 Å². The van der Waals surface area contributed by atoms with Gasteiger partial charge in [-0.1, -0.05) is 13.8 Å². The molecular formula is C11H22N2O. The molecule has 82 valence electrons. The molecule has 0 aromatic carbocycles. The summed E-state index contributed by atoms with van der Waals surface area (Å²) in [5, 5.41) is 5.95. The minimum atomic E-state index is -0.0852. The monoisotopic (exact) mass is 198 g/mol. The lowest BCUT2D eigenvalue weighted by molar-refractivity contribution is -0.122. The van der Waals surface area contributed by atoms with Gasteiger partial charge in [0.2, 0.25) is 5.91 Å². The molecule has 0 aliphatic heterocycles. The Labute approximate surface area is 86.6 Å². The van der Waals surface area contributed by atoms with Gasteiger partial charge in [-0.2, -0.15) is 0 Å². The van der Waals surface area contributed by atoms with Gasteiger partial charge in [0.25, 0.3) is 0 Å². The summed E-state index contributed by atoms with van der Waals surface area (Å²) in [5.74, 6) is 0.784. The van der Waals surface area contributed by atoms with E-state index in [1.54, 1.807) is 7.05 Å². The van der Waals surface area contributed by atoms with E-state index in [9.17, 15) is 4.79 Å². The molecule has 1 aliphatic carbocycles. The van der Waals surface area contributed by atoms with Gasteiger partial charge in [0, 0.05) is 6.54 Å². The van der Waals surface area contributed by atoms with Gasteiger partial charge in [-0.05, 0) is 38.1 Å². The van der Waals surface area contributed by atoms with Gasteiger partial charge in [0.05, 0.1) is 6.04 Å². The zero-order chi connectivity index (χ0) is 10.8. The molecule has 1 saturated carbocycles. The molecule has 1 amide bonds. The first-order valence-electron chi connectivity index (χ1n) is 5.47. The maximum atomic E-state index is 11.5. The normalized spacial score (nSPS) is 20.6. The van der Waals surface area contributed by atoms with E-state index < -0.39 is 0 Å². The summed E-state index contributed by atoms with van der Waals surface area (Å²) in [4.78, 5) is 11.5. The molecule has 0 spiro atoms. The summed E-state index contributed by atoms with van der Waals surface area (Å²) in [7, 11) is 1.81. The topological polar surface area (TPSA) is 41.1 Å². The number of amides is 1. The molecule has 3 heteroatoms. The highest BCUT2D eigenvalue weighted by Crippen LogP contribution is 2.51. The predicted octanol–water partition coefficient (Wildman–Crippen LogP) is 1.15. The third-order valence-electron chi connectivity index (χ3n) is 3.56. The SMILES string of the molecule is CNC(C)C(=O)NCC1(C(C)C)CC1. The lowest BCUT2D eigenvalue weighted by atomic mass is 9.92. The van der Waals surface area contributed by atoms with Crippen LogP contribution in [0.5, 0.6) is 0 Å². The minimum absolute atomic E-state index is 0.0852. The third kappa shape index (κ3) is 2.47. The van der Waals surface area contributed by atoms with Crippen LogP contribution < -0.4 is 10.6 Å². The van der Waals surface area contributed by atoms with E-state index in [2.05, 4.69) is 24.5 Å². The second kappa shape index (κ2) is 4.30. The van der Waals surface area contributed by atoms with Crippen LogP contribution in [0.1, 0.15) is 33.6 Å². The molecule has 1 atom stereocenters. The van der Waals surface area contributed by atoms with Crippen LogP contribution in [0.3, 0.4) is 0 Å². The van der Waals surface area contributed by atoms with Gasteiger partial charge in [0.1, 0.15) is 0 Å². The smallest absolute Gasteiger partial charge is 0.236 e. The second-order valence-electron chi connectivity index (χ2n) is 4.75. The maximum Gasteiger partial charge on any atom is 0.236 e. The number of carbonyl (C=O) groups excluding carboxylic acids is 1. The molecular weight excluding hydrogens is 176 g/mol. The van der Waals surface area contributed by atoms with Crippen LogP contribution in [-0.2, 0) is 4.79 Å². The first-order valence-corrected chi connectivity index (χ1v) is 5.47. The van der Waals surface area contributed by atoms with Crippen LogP contribution in [0.15, 0.2) is 0 Å². The fourth-order valence-electron chi connectivity index (χ4n) is 1.67. The predicted molar refractivity (Wildman–Crippen MR) is 58.0 cm³/mol. The zero-order valence-corrected chi connectivity index (χ0v) is 9.68. The van der Waals surface area contributed by atoms with E-state index in [4.69, 9.17) is 0 Å². The number of carbonyl (C=O) groups is 1. The summed E-state index contributed by atoms with van der Waals surface area (Å²) in [5.41, 5.74) is 0.406. The van der Waals surface area contributed by atoms with E-state index in [1.165, 1.54) is 12.8 Å². The van der Waals surface area contributed by atoms with E-state index >= 15 is 0 Å². The van der Waals surface area contributed by atoms with Crippen molar-refractivity contribution in [3.8, 4) is 0 Å². The molecule has 2 N–H and O–H groups in total. The number of hydrogen-bond acceptors (Lipinski definition) is 2. The Bertz CT molecular complexity index is 209. The fraction of sp³-hybridized carbons (Fsp3) is 0.909. The summed E-state index contributed by atoms with van der Waals surface area (Å²) in [6.07, 6.45) is 2.53. The summed E-state index contributed by atoms with van der Waals surface area (Å²) < 4.78 is 0. The molecule has 0 aromatic heterocycles. The van der Waals surface area contributed by atoms with Crippen molar-refractivity contribution in [1.29, 1.82) is 0 Å². The van der Waals surface area contributed by atoms with Gasteiger partial charge in [-0.25, -0.2) is 0 Å². The third-order valence-corrected chi connectivity index (χ3v) is 3.56. The van der Waals surface area contributed by atoms with Crippen molar-refractivity contribution >= 4 is 5.91 Å². The van der Waals surface area contributed by atoms with Crippen LogP contribution in [0, 0.1) is 11.3 Å². The maximum absolute atomic E-state index is 11.5. The highest BCUT2D eigenvalue weighted by Gasteiger charge is 2.45. The molecule has 14 heavy (non-hydrogen) atoms. The Morgan fingerprint density at radius 3 is 2.29 bits per heavy atom. The molecule has 0 radical (unpaired) electrons. The summed E-state index contributed by atoms with van der Waals surface area (Å²) in [6, 6.07) is -0.0852. The average molecular weight is 198 g/mol. The van der Waals surface area contributed by atoms with Gasteiger partial charge < -0.3 is 10.6 Å². The number of nitrogens with one attached hydrogen (secondary N) is 2. The highest BCUT2D eigenvalue weighted by atomic mass is 16.2. The van der Waals surface area contributed by atoms with E-state index in [0.29, 0.717) is 11.3 Å². The Hall–Kier alpha value is -0.570. The lowest BCUT2D eigenvalue weighted by Crippen LogP contribution is -2.43. The quantitative estimate of drug-likeness (QED) is 0.695. The minimum Gasteiger partial charge on any atom is -0.354 e. The summed E-state index contributed by atoms with van der Waals surface area (Å²) >= 11 is 0. The molecule has 0 saturated heterocycles. The van der Waals surface area contributed by atoms with Crippen molar-refractivity contribution in [2.45, 2.75) is 39.7 Å². The molecule has 1 aliphatic rings. The standard InChI is InChI=1S/C11H22N2O/c1-8(2)11(5-6-11)7-13-10(14)9(3)12-4/h8-9,12H,5-7H2,1-4H3,(H,13,14). The van der Waals surface area contributed by atoms with Gasteiger partial charge >= 0.3 is 0 Å². The largest absolute Gasteiger partial charge is 0.354 e. The van der Waals surface area contributed by atoms with E-state index in [-0.39, 0.29) is 11.9 Å². The Balaban J connectivity index is 2.30. The van der Waals surface area contributed by atoms with Crippen molar-refractivity contribution in [3.63, 3.8) is 0 Å². The zero-order valence-electron chi connectivity index (χ0n) is 9.68. The molecule has 3 nitrogen and oxygen atoms in total. The Morgan fingerprint density at radius 2 is 1.93 bits per heavy atom. The first-order chi connectivity index (χ1) is 6.52. The molecule has 0 bridgehead atoms. The molecule has 0 heterocycles. The van der Waals surface area contributed by atoms with Crippen LogP contribution in [0.25, 0.3) is 0 Å². The summed E-state index contributed by atoms with van der Waals surface area (Å²) in [6.45, 7) is 7.20. The van der Waals surface area contributed by atoms with Crippen molar-refractivity contribution in [3.05, 3.63) is 0 Å². The van der Waals surface area contributed by atoms with Crippen molar-refractivity contribution in [1.82, 2.24) is 10.6 Å². The molecule has 1 rings (SSSR count). The van der Waals surface area contributed by atoms with Crippen LogP contribution >= 0.6 is 0 Å². The average Bonchev–Trinajstić information content (AvgIpc) is 2.93.